The summed E-state index contributed by atoms with van der Waals surface area (Å²) in [4.78, 5) is 17.2. The van der Waals surface area contributed by atoms with Crippen LogP contribution in [0.1, 0.15) is 5.56 Å². The highest BCUT2D eigenvalue weighted by Crippen LogP contribution is 2.33. The molecule has 2 amide bonds. The lowest BCUT2D eigenvalue weighted by atomic mass is 10.1. The first-order valence-electron chi connectivity index (χ1n) is 10.1. The molecular formula is C25H22FN3O3S. The smallest absolute Gasteiger partial charge is 0.319 e. The maximum absolute atomic E-state index is 14.1. The zero-order valence-corrected chi connectivity index (χ0v) is 18.9. The van der Waals surface area contributed by atoms with Gasteiger partial charge in [0.15, 0.2) is 11.5 Å². The van der Waals surface area contributed by atoms with Gasteiger partial charge in [0, 0.05) is 23.1 Å². The minimum atomic E-state index is -0.359. The number of nitrogens with zero attached hydrogens (tertiary/aromatic N) is 1. The molecule has 1 heterocycles. The largest absolute Gasteiger partial charge is 0.493 e. The molecule has 0 unspecified atom stereocenters. The average molecular weight is 464 g/mol. The monoisotopic (exact) mass is 463 g/mol. The summed E-state index contributed by atoms with van der Waals surface area (Å²) >= 11 is 1.35. The van der Waals surface area contributed by atoms with Crippen molar-refractivity contribution in [1.29, 1.82) is 0 Å². The number of nitrogens with one attached hydrogen (secondary N) is 2. The molecule has 0 radical (unpaired) electrons. The fourth-order valence-corrected chi connectivity index (χ4v) is 4.16. The van der Waals surface area contributed by atoms with E-state index in [1.807, 2.05) is 35.7 Å². The third-order valence-electron chi connectivity index (χ3n) is 4.96. The number of aromatic nitrogens is 1. The molecule has 0 saturated carbocycles. The van der Waals surface area contributed by atoms with Crippen LogP contribution in [0.4, 0.5) is 14.9 Å². The lowest BCUT2D eigenvalue weighted by Gasteiger charge is -2.12. The van der Waals surface area contributed by atoms with Crippen LogP contribution in [0.25, 0.3) is 21.8 Å². The summed E-state index contributed by atoms with van der Waals surface area (Å²) in [6.07, 6.45) is 0. The maximum atomic E-state index is 14.1. The minimum Gasteiger partial charge on any atom is -0.493 e. The summed E-state index contributed by atoms with van der Waals surface area (Å²) in [5.41, 5.74) is 3.33. The van der Waals surface area contributed by atoms with Gasteiger partial charge in [-0.1, -0.05) is 36.4 Å². The molecule has 0 bridgehead atoms. The van der Waals surface area contributed by atoms with E-state index in [2.05, 4.69) is 15.6 Å². The van der Waals surface area contributed by atoms with Crippen molar-refractivity contribution in [3.63, 3.8) is 0 Å². The molecule has 0 fully saturated rings. The Kier molecular flexibility index (Phi) is 6.85. The molecular weight excluding hydrogens is 441 g/mol. The van der Waals surface area contributed by atoms with Crippen molar-refractivity contribution in [3.05, 3.63) is 83.5 Å². The van der Waals surface area contributed by atoms with E-state index in [4.69, 9.17) is 9.47 Å². The molecule has 0 spiro atoms. The topological polar surface area (TPSA) is 72.5 Å². The van der Waals surface area contributed by atoms with Gasteiger partial charge < -0.3 is 20.1 Å². The van der Waals surface area contributed by atoms with Crippen molar-refractivity contribution in [2.45, 2.75) is 6.54 Å². The van der Waals surface area contributed by atoms with E-state index in [-0.39, 0.29) is 11.8 Å². The maximum Gasteiger partial charge on any atom is 0.319 e. The van der Waals surface area contributed by atoms with Gasteiger partial charge >= 0.3 is 6.03 Å². The van der Waals surface area contributed by atoms with E-state index in [1.165, 1.54) is 17.4 Å². The summed E-state index contributed by atoms with van der Waals surface area (Å²) in [5.74, 6) is 0.897. The Bertz CT molecular complexity index is 1280. The lowest BCUT2D eigenvalue weighted by Crippen LogP contribution is -2.28. The number of rotatable bonds is 7. The SMILES string of the molecule is COc1ccc(CNC(=O)Nc2ccccc2-c2csc(-c3ccccc3F)n2)cc1OC. The Labute approximate surface area is 195 Å². The molecule has 8 heteroatoms. The number of thiazole rings is 1. The summed E-state index contributed by atoms with van der Waals surface area (Å²) < 4.78 is 24.7. The summed E-state index contributed by atoms with van der Waals surface area (Å²) in [6.45, 7) is 0.308. The van der Waals surface area contributed by atoms with E-state index in [1.54, 1.807) is 44.6 Å². The van der Waals surface area contributed by atoms with Gasteiger partial charge in [-0.3, -0.25) is 0 Å². The predicted molar refractivity (Wildman–Crippen MR) is 128 cm³/mol. The third-order valence-corrected chi connectivity index (χ3v) is 5.84. The average Bonchev–Trinajstić information content (AvgIpc) is 3.33. The van der Waals surface area contributed by atoms with Gasteiger partial charge in [-0.2, -0.15) is 0 Å². The molecule has 0 aliphatic heterocycles. The van der Waals surface area contributed by atoms with Crippen molar-refractivity contribution >= 4 is 23.1 Å². The molecule has 33 heavy (non-hydrogen) atoms. The second kappa shape index (κ2) is 10.1. The van der Waals surface area contributed by atoms with E-state index < -0.39 is 0 Å². The number of halogens is 1. The highest BCUT2D eigenvalue weighted by molar-refractivity contribution is 7.13. The van der Waals surface area contributed by atoms with Crippen LogP contribution in [0.15, 0.2) is 72.1 Å². The third kappa shape index (κ3) is 5.12. The van der Waals surface area contributed by atoms with Crippen LogP contribution >= 0.6 is 11.3 Å². The molecule has 6 nitrogen and oxygen atoms in total. The molecule has 0 aliphatic carbocycles. The van der Waals surface area contributed by atoms with E-state index in [0.717, 1.165) is 11.1 Å². The Morgan fingerprint density at radius 1 is 0.970 bits per heavy atom. The minimum absolute atomic E-state index is 0.308. The number of hydrogen-bond acceptors (Lipinski definition) is 5. The molecule has 0 aliphatic rings. The van der Waals surface area contributed by atoms with Crippen LogP contribution in [0.5, 0.6) is 11.5 Å². The number of methoxy groups -OCH3 is 2. The predicted octanol–water partition coefficient (Wildman–Crippen LogP) is 5.96. The summed E-state index contributed by atoms with van der Waals surface area (Å²) in [6, 6.07) is 19.0. The van der Waals surface area contributed by atoms with Gasteiger partial charge in [-0.25, -0.2) is 14.2 Å². The first-order chi connectivity index (χ1) is 16.1. The number of ether oxygens (including phenoxy) is 2. The number of benzene rings is 3. The number of carbonyl (C=O) groups excluding carboxylic acids is 1. The Morgan fingerprint density at radius 2 is 1.70 bits per heavy atom. The molecule has 168 valence electrons. The first-order valence-corrected chi connectivity index (χ1v) is 11.0. The fourth-order valence-electron chi connectivity index (χ4n) is 3.31. The molecule has 4 rings (SSSR count). The van der Waals surface area contributed by atoms with Crippen LogP contribution in [-0.2, 0) is 6.54 Å². The van der Waals surface area contributed by atoms with Crippen LogP contribution in [-0.4, -0.2) is 25.2 Å². The number of amides is 2. The summed E-state index contributed by atoms with van der Waals surface area (Å²) in [5, 5.41) is 8.15. The van der Waals surface area contributed by atoms with Crippen LogP contribution in [0.3, 0.4) is 0 Å². The number of anilines is 1. The molecule has 0 atom stereocenters. The first kappa shape index (κ1) is 22.3. The van der Waals surface area contributed by atoms with Crippen LogP contribution in [0.2, 0.25) is 0 Å². The van der Waals surface area contributed by atoms with Gasteiger partial charge in [-0.05, 0) is 35.9 Å². The van der Waals surface area contributed by atoms with Gasteiger partial charge in [-0.15, -0.1) is 11.3 Å². The summed E-state index contributed by atoms with van der Waals surface area (Å²) in [7, 11) is 3.14. The highest BCUT2D eigenvalue weighted by atomic mass is 32.1. The van der Waals surface area contributed by atoms with E-state index in [0.29, 0.717) is 40.0 Å². The molecule has 1 aromatic heterocycles. The standard InChI is InChI=1S/C25H22FN3O3S/c1-31-22-12-11-16(13-23(22)32-2)14-27-25(30)29-20-10-6-4-8-18(20)21-15-33-24(28-21)17-7-3-5-9-19(17)26/h3-13,15H,14H2,1-2H3,(H2,27,29,30). The van der Waals surface area contributed by atoms with Crippen LogP contribution in [0, 0.1) is 5.82 Å². The van der Waals surface area contributed by atoms with Gasteiger partial charge in [0.1, 0.15) is 10.8 Å². The number of hydrogen-bond donors (Lipinski definition) is 2. The normalized spacial score (nSPS) is 10.5. The van der Waals surface area contributed by atoms with Gasteiger partial charge in [0.2, 0.25) is 0 Å². The quantitative estimate of drug-likeness (QED) is 0.355. The Hall–Kier alpha value is -3.91. The van der Waals surface area contributed by atoms with Gasteiger partial charge in [0.05, 0.1) is 25.6 Å². The van der Waals surface area contributed by atoms with Gasteiger partial charge in [0.25, 0.3) is 0 Å². The molecule has 2 N–H and O–H groups in total. The van der Waals surface area contributed by atoms with E-state index >= 15 is 0 Å². The number of para-hydroxylation sites is 1. The number of urea groups is 1. The van der Waals surface area contributed by atoms with Crippen molar-refractivity contribution < 1.29 is 18.7 Å². The van der Waals surface area contributed by atoms with Crippen molar-refractivity contribution in [2.75, 3.05) is 19.5 Å². The zero-order valence-electron chi connectivity index (χ0n) is 18.1. The van der Waals surface area contributed by atoms with Crippen molar-refractivity contribution in [2.24, 2.45) is 0 Å². The molecule has 4 aromatic rings. The number of carbonyl (C=O) groups is 1. The van der Waals surface area contributed by atoms with Crippen LogP contribution < -0.4 is 20.1 Å². The second-order valence-corrected chi connectivity index (χ2v) is 7.92. The zero-order chi connectivity index (χ0) is 23.2. The second-order valence-electron chi connectivity index (χ2n) is 7.06. The Balaban J connectivity index is 1.47. The lowest BCUT2D eigenvalue weighted by molar-refractivity contribution is 0.251. The molecule has 3 aromatic carbocycles. The van der Waals surface area contributed by atoms with E-state index in [9.17, 15) is 9.18 Å². The molecule has 0 saturated heterocycles. The highest BCUT2D eigenvalue weighted by Gasteiger charge is 2.14. The van der Waals surface area contributed by atoms with Crippen molar-refractivity contribution in [3.8, 4) is 33.3 Å². The Morgan fingerprint density at radius 3 is 2.45 bits per heavy atom. The fraction of sp³-hybridized carbons (Fsp3) is 0.120. The van der Waals surface area contributed by atoms with Crippen molar-refractivity contribution in [1.82, 2.24) is 10.3 Å².